The molecule has 0 fully saturated rings. The standard InChI is InChI=1S/C10H11N5/c1-13-9-6-15-5-7(8(12)4-11)2-3-10(15)14-9/h2-6,11-13H,1H3. The molecule has 0 atom stereocenters. The lowest BCUT2D eigenvalue weighted by molar-refractivity contribution is 1.18. The van der Waals surface area contributed by atoms with Gasteiger partial charge < -0.3 is 15.1 Å². The van der Waals surface area contributed by atoms with Crippen molar-refractivity contribution in [3.63, 3.8) is 0 Å². The fourth-order valence-electron chi connectivity index (χ4n) is 1.35. The Hall–Kier alpha value is -2.17. The van der Waals surface area contributed by atoms with Gasteiger partial charge in [0.2, 0.25) is 0 Å². The van der Waals surface area contributed by atoms with Crippen LogP contribution < -0.4 is 5.32 Å². The Morgan fingerprint density at radius 3 is 2.93 bits per heavy atom. The first kappa shape index (κ1) is 9.39. The number of nitrogens with one attached hydrogen (secondary N) is 3. The van der Waals surface area contributed by atoms with Gasteiger partial charge in [-0.1, -0.05) is 0 Å². The van der Waals surface area contributed by atoms with Crippen LogP contribution in [0, 0.1) is 10.8 Å². The van der Waals surface area contributed by atoms with Crippen LogP contribution in [0.4, 0.5) is 5.82 Å². The first-order valence-corrected chi connectivity index (χ1v) is 4.50. The number of aromatic nitrogens is 2. The zero-order valence-electron chi connectivity index (χ0n) is 8.28. The van der Waals surface area contributed by atoms with Gasteiger partial charge in [0.15, 0.2) is 0 Å². The molecule has 5 heteroatoms. The quantitative estimate of drug-likeness (QED) is 0.656. The summed E-state index contributed by atoms with van der Waals surface area (Å²) in [4.78, 5) is 4.28. The fourth-order valence-corrected chi connectivity index (χ4v) is 1.35. The lowest BCUT2D eigenvalue weighted by Gasteiger charge is -1.98. The van der Waals surface area contributed by atoms with Gasteiger partial charge in [-0.25, -0.2) is 4.98 Å². The summed E-state index contributed by atoms with van der Waals surface area (Å²) in [5, 5.41) is 17.5. The average molecular weight is 201 g/mol. The molecule has 3 N–H and O–H groups in total. The maximum Gasteiger partial charge on any atom is 0.145 e. The molecule has 0 spiro atoms. The Kier molecular flexibility index (Phi) is 2.21. The van der Waals surface area contributed by atoms with Crippen LogP contribution in [0.15, 0.2) is 24.5 Å². The first-order chi connectivity index (χ1) is 7.24. The number of fused-ring (bicyclic) bond motifs is 1. The summed E-state index contributed by atoms with van der Waals surface area (Å²) in [5.41, 5.74) is 1.72. The van der Waals surface area contributed by atoms with Gasteiger partial charge in [0, 0.05) is 25.0 Å². The number of hydrogen-bond acceptors (Lipinski definition) is 4. The third-order valence-electron chi connectivity index (χ3n) is 2.16. The highest BCUT2D eigenvalue weighted by atomic mass is 15.1. The highest BCUT2D eigenvalue weighted by molar-refractivity contribution is 6.35. The summed E-state index contributed by atoms with van der Waals surface area (Å²) in [7, 11) is 1.81. The fraction of sp³-hybridized carbons (Fsp3) is 0.100. The number of hydrogen-bond donors (Lipinski definition) is 3. The van der Waals surface area contributed by atoms with Crippen molar-refractivity contribution in [3.8, 4) is 0 Å². The topological polar surface area (TPSA) is 77.0 Å². The van der Waals surface area contributed by atoms with Crippen LogP contribution >= 0.6 is 0 Å². The van der Waals surface area contributed by atoms with E-state index in [2.05, 4.69) is 10.3 Å². The molecule has 76 valence electrons. The predicted molar refractivity (Wildman–Crippen MR) is 60.4 cm³/mol. The third kappa shape index (κ3) is 1.59. The molecular weight excluding hydrogens is 190 g/mol. The highest BCUT2D eigenvalue weighted by Crippen LogP contribution is 2.10. The molecule has 2 rings (SSSR count). The van der Waals surface area contributed by atoms with E-state index in [0.717, 1.165) is 17.7 Å². The van der Waals surface area contributed by atoms with E-state index in [4.69, 9.17) is 10.8 Å². The molecule has 0 aliphatic heterocycles. The van der Waals surface area contributed by atoms with E-state index in [-0.39, 0.29) is 5.71 Å². The summed E-state index contributed by atoms with van der Waals surface area (Å²) in [5.74, 6) is 0.786. The van der Waals surface area contributed by atoms with Crippen LogP contribution in [0.25, 0.3) is 5.65 Å². The zero-order chi connectivity index (χ0) is 10.8. The molecule has 0 bridgehead atoms. The van der Waals surface area contributed by atoms with E-state index in [1.165, 1.54) is 0 Å². The summed E-state index contributed by atoms with van der Waals surface area (Å²) >= 11 is 0. The maximum atomic E-state index is 7.51. The van der Waals surface area contributed by atoms with Crippen LogP contribution in [0.5, 0.6) is 0 Å². The predicted octanol–water partition coefficient (Wildman–Crippen LogP) is 1.39. The minimum atomic E-state index is 0.191. The Morgan fingerprint density at radius 2 is 2.27 bits per heavy atom. The number of anilines is 1. The minimum Gasteiger partial charge on any atom is -0.372 e. The van der Waals surface area contributed by atoms with E-state index in [1.807, 2.05) is 23.7 Å². The Morgan fingerprint density at radius 1 is 1.47 bits per heavy atom. The molecule has 0 saturated carbocycles. The number of rotatable bonds is 3. The SMILES string of the molecule is CNc1cn2cc(C(=N)C=N)ccc2n1. The smallest absolute Gasteiger partial charge is 0.145 e. The van der Waals surface area contributed by atoms with E-state index < -0.39 is 0 Å². The Balaban J connectivity index is 2.55. The summed E-state index contributed by atoms with van der Waals surface area (Å²) in [6.07, 6.45) is 4.66. The first-order valence-electron chi connectivity index (χ1n) is 4.50. The van der Waals surface area contributed by atoms with Crippen LogP contribution in [0.1, 0.15) is 5.56 Å². The van der Waals surface area contributed by atoms with Gasteiger partial charge in [-0.05, 0) is 12.1 Å². The lowest BCUT2D eigenvalue weighted by atomic mass is 10.2. The van der Waals surface area contributed by atoms with Crippen LogP contribution in [-0.4, -0.2) is 28.4 Å². The zero-order valence-corrected chi connectivity index (χ0v) is 8.28. The van der Waals surface area contributed by atoms with E-state index in [9.17, 15) is 0 Å². The van der Waals surface area contributed by atoms with Gasteiger partial charge >= 0.3 is 0 Å². The number of nitrogens with zero attached hydrogens (tertiary/aromatic N) is 2. The summed E-state index contributed by atoms with van der Waals surface area (Å²) in [6.45, 7) is 0. The van der Waals surface area contributed by atoms with Gasteiger partial charge in [0.1, 0.15) is 11.5 Å². The molecule has 5 nitrogen and oxygen atoms in total. The van der Waals surface area contributed by atoms with E-state index in [1.54, 1.807) is 12.3 Å². The molecule has 0 radical (unpaired) electrons. The molecule has 0 amide bonds. The molecule has 0 unspecified atom stereocenters. The number of imidazole rings is 1. The summed E-state index contributed by atoms with van der Waals surface area (Å²) < 4.78 is 1.83. The van der Waals surface area contributed by atoms with Crippen molar-refractivity contribution in [3.05, 3.63) is 30.1 Å². The average Bonchev–Trinajstić information content (AvgIpc) is 2.69. The highest BCUT2D eigenvalue weighted by Gasteiger charge is 2.02. The van der Waals surface area contributed by atoms with Crippen molar-refractivity contribution in [1.29, 1.82) is 10.8 Å². The molecule has 0 aromatic carbocycles. The number of pyridine rings is 1. The van der Waals surface area contributed by atoms with Crippen molar-refractivity contribution >= 4 is 23.4 Å². The van der Waals surface area contributed by atoms with Gasteiger partial charge in [-0.15, -0.1) is 0 Å². The van der Waals surface area contributed by atoms with Gasteiger partial charge in [0.25, 0.3) is 0 Å². The minimum absolute atomic E-state index is 0.191. The molecule has 0 aliphatic rings. The molecule has 2 heterocycles. The molecule has 0 aliphatic carbocycles. The van der Waals surface area contributed by atoms with Crippen molar-refractivity contribution in [2.75, 3.05) is 12.4 Å². The molecule has 15 heavy (non-hydrogen) atoms. The van der Waals surface area contributed by atoms with Gasteiger partial charge in [0.05, 0.1) is 11.9 Å². The van der Waals surface area contributed by atoms with Crippen LogP contribution in [-0.2, 0) is 0 Å². The second-order valence-corrected chi connectivity index (χ2v) is 3.12. The third-order valence-corrected chi connectivity index (χ3v) is 2.16. The normalized spacial score (nSPS) is 10.2. The second kappa shape index (κ2) is 3.53. The van der Waals surface area contributed by atoms with Crippen molar-refractivity contribution in [1.82, 2.24) is 9.38 Å². The van der Waals surface area contributed by atoms with E-state index in [0.29, 0.717) is 5.56 Å². The lowest BCUT2D eigenvalue weighted by Crippen LogP contribution is -2.00. The van der Waals surface area contributed by atoms with Gasteiger partial charge in [-0.3, -0.25) is 5.41 Å². The second-order valence-electron chi connectivity index (χ2n) is 3.12. The monoisotopic (exact) mass is 201 g/mol. The van der Waals surface area contributed by atoms with Crippen molar-refractivity contribution in [2.45, 2.75) is 0 Å². The molecular formula is C10H11N5. The molecule has 2 aromatic heterocycles. The molecule has 2 aromatic rings. The Labute approximate surface area is 86.8 Å². The maximum absolute atomic E-state index is 7.51. The van der Waals surface area contributed by atoms with Crippen molar-refractivity contribution < 1.29 is 0 Å². The molecule has 0 saturated heterocycles. The van der Waals surface area contributed by atoms with E-state index >= 15 is 0 Å². The Bertz CT molecular complexity index is 526. The summed E-state index contributed by atoms with van der Waals surface area (Å²) in [6, 6.07) is 3.61. The van der Waals surface area contributed by atoms with Crippen molar-refractivity contribution in [2.24, 2.45) is 0 Å². The van der Waals surface area contributed by atoms with Crippen LogP contribution in [0.3, 0.4) is 0 Å². The van der Waals surface area contributed by atoms with Gasteiger partial charge in [-0.2, -0.15) is 0 Å². The largest absolute Gasteiger partial charge is 0.372 e. The van der Waals surface area contributed by atoms with Crippen LogP contribution in [0.2, 0.25) is 0 Å².